The first-order valence-electron chi connectivity index (χ1n) is 6.48. The third kappa shape index (κ3) is 3.19. The van der Waals surface area contributed by atoms with Crippen molar-refractivity contribution < 1.29 is 9.90 Å². The minimum absolute atomic E-state index is 0.118. The lowest BCUT2D eigenvalue weighted by molar-refractivity contribution is -0.139. The quantitative estimate of drug-likeness (QED) is 0.766. The monoisotopic (exact) mass is 236 g/mol. The van der Waals surface area contributed by atoms with E-state index in [9.17, 15) is 4.79 Å². The normalized spacial score (nSPS) is 22.6. The van der Waals surface area contributed by atoms with Crippen molar-refractivity contribution in [3.8, 4) is 6.07 Å². The molecule has 2 aliphatic carbocycles. The second kappa shape index (κ2) is 5.05. The average Bonchev–Trinajstić information content (AvgIpc) is 2.82. The first kappa shape index (κ1) is 12.4. The van der Waals surface area contributed by atoms with E-state index >= 15 is 0 Å². The van der Waals surface area contributed by atoms with Gasteiger partial charge in [0.1, 0.15) is 0 Å². The summed E-state index contributed by atoms with van der Waals surface area (Å²) in [6.45, 7) is 0.940. The van der Waals surface area contributed by atoms with Crippen molar-refractivity contribution in [3.05, 3.63) is 0 Å². The van der Waals surface area contributed by atoms with E-state index in [2.05, 4.69) is 11.0 Å². The Labute approximate surface area is 102 Å². The Morgan fingerprint density at radius 3 is 2.53 bits per heavy atom. The molecule has 0 amide bonds. The van der Waals surface area contributed by atoms with Gasteiger partial charge in [-0.15, -0.1) is 0 Å². The van der Waals surface area contributed by atoms with Crippen LogP contribution in [0.15, 0.2) is 0 Å². The Bertz CT molecular complexity index is 325. The maximum absolute atomic E-state index is 10.9. The van der Waals surface area contributed by atoms with Crippen molar-refractivity contribution in [2.45, 2.75) is 51.0 Å². The van der Waals surface area contributed by atoms with Gasteiger partial charge in [-0.3, -0.25) is 9.69 Å². The number of nitrogens with zero attached hydrogens (tertiary/aromatic N) is 2. The molecule has 0 unspecified atom stereocenters. The van der Waals surface area contributed by atoms with E-state index < -0.39 is 5.97 Å². The zero-order valence-electron chi connectivity index (χ0n) is 10.2. The number of carboxylic acids is 1. The summed E-state index contributed by atoms with van der Waals surface area (Å²) in [5.41, 5.74) is 0.118. The third-order valence-electron chi connectivity index (χ3n) is 4.13. The Morgan fingerprint density at radius 1 is 1.41 bits per heavy atom. The number of aliphatic carboxylic acids is 1. The van der Waals surface area contributed by atoms with Gasteiger partial charge >= 0.3 is 5.97 Å². The lowest BCUT2D eigenvalue weighted by atomic mass is 10.0. The van der Waals surface area contributed by atoms with Crippen LogP contribution in [0.2, 0.25) is 0 Å². The fourth-order valence-electron chi connectivity index (χ4n) is 2.92. The molecule has 17 heavy (non-hydrogen) atoms. The van der Waals surface area contributed by atoms with Gasteiger partial charge in [-0.2, -0.15) is 5.26 Å². The molecule has 4 heteroatoms. The van der Waals surface area contributed by atoms with Gasteiger partial charge in [0.25, 0.3) is 0 Å². The molecule has 0 bridgehead atoms. The summed E-state index contributed by atoms with van der Waals surface area (Å²) in [5, 5.41) is 17.8. The van der Waals surface area contributed by atoms with Crippen LogP contribution in [0.25, 0.3) is 0 Å². The van der Waals surface area contributed by atoms with Crippen LogP contribution in [0.1, 0.15) is 44.9 Å². The Balaban J connectivity index is 1.95. The molecule has 0 spiro atoms. The smallest absolute Gasteiger partial charge is 0.317 e. The summed E-state index contributed by atoms with van der Waals surface area (Å²) < 4.78 is 0. The van der Waals surface area contributed by atoms with Gasteiger partial charge in [0.05, 0.1) is 12.6 Å². The van der Waals surface area contributed by atoms with Crippen LogP contribution in [-0.4, -0.2) is 35.1 Å². The molecule has 4 nitrogen and oxygen atoms in total. The Kier molecular flexibility index (Phi) is 3.68. The predicted octanol–water partition coefficient (Wildman–Crippen LogP) is 2.01. The van der Waals surface area contributed by atoms with Gasteiger partial charge in [0.2, 0.25) is 0 Å². The minimum Gasteiger partial charge on any atom is -0.480 e. The topological polar surface area (TPSA) is 64.3 Å². The van der Waals surface area contributed by atoms with Crippen LogP contribution in [0.3, 0.4) is 0 Å². The summed E-state index contributed by atoms with van der Waals surface area (Å²) in [4.78, 5) is 13.0. The maximum Gasteiger partial charge on any atom is 0.317 e. The number of carboxylic acid groups (broad SMARTS) is 1. The number of hydrogen-bond donors (Lipinski definition) is 1. The molecule has 2 rings (SSSR count). The van der Waals surface area contributed by atoms with Crippen LogP contribution in [-0.2, 0) is 4.79 Å². The van der Waals surface area contributed by atoms with E-state index in [0.717, 1.165) is 32.2 Å². The van der Waals surface area contributed by atoms with Crippen molar-refractivity contribution in [1.29, 1.82) is 5.26 Å². The van der Waals surface area contributed by atoms with Crippen LogP contribution in [0.4, 0.5) is 0 Å². The van der Waals surface area contributed by atoms with E-state index in [0.29, 0.717) is 12.5 Å². The van der Waals surface area contributed by atoms with Gasteiger partial charge in [-0.1, -0.05) is 12.8 Å². The van der Waals surface area contributed by atoms with Gasteiger partial charge < -0.3 is 5.11 Å². The Hall–Kier alpha value is -1.08. The second-order valence-corrected chi connectivity index (χ2v) is 5.57. The third-order valence-corrected chi connectivity index (χ3v) is 4.13. The first-order valence-corrected chi connectivity index (χ1v) is 6.48. The van der Waals surface area contributed by atoms with Crippen LogP contribution in [0, 0.1) is 16.7 Å². The van der Waals surface area contributed by atoms with Crippen LogP contribution < -0.4 is 0 Å². The standard InChI is InChI=1S/C13H20N2O2/c14-8-7-13(5-6-13)10-15(9-12(16)17)11-3-1-2-4-11/h11H,1-7,9-10H2,(H,16,17). The number of rotatable bonds is 6. The largest absolute Gasteiger partial charge is 0.480 e. The first-order chi connectivity index (χ1) is 8.15. The molecule has 0 aromatic rings. The lowest BCUT2D eigenvalue weighted by Gasteiger charge is -2.30. The van der Waals surface area contributed by atoms with Gasteiger partial charge in [-0.05, 0) is 31.1 Å². The molecule has 2 aliphatic rings. The SMILES string of the molecule is N#CCC1(CN(CC(=O)O)C2CCCC2)CC1. The lowest BCUT2D eigenvalue weighted by Crippen LogP contribution is -2.41. The zero-order chi connectivity index (χ0) is 12.3. The summed E-state index contributed by atoms with van der Waals surface area (Å²) in [5.74, 6) is -0.746. The van der Waals surface area contributed by atoms with Crippen LogP contribution >= 0.6 is 0 Å². The van der Waals surface area contributed by atoms with E-state index in [1.807, 2.05) is 0 Å². The Morgan fingerprint density at radius 2 is 2.06 bits per heavy atom. The molecule has 0 heterocycles. The van der Waals surface area contributed by atoms with Crippen molar-refractivity contribution in [1.82, 2.24) is 4.90 Å². The summed E-state index contributed by atoms with van der Waals surface area (Å²) >= 11 is 0. The second-order valence-electron chi connectivity index (χ2n) is 5.57. The molecule has 2 fully saturated rings. The zero-order valence-corrected chi connectivity index (χ0v) is 10.2. The molecule has 0 saturated heterocycles. The molecule has 0 aromatic carbocycles. The molecule has 0 atom stereocenters. The average molecular weight is 236 g/mol. The molecule has 0 aromatic heterocycles. The number of carbonyl (C=O) groups is 1. The van der Waals surface area contributed by atoms with Gasteiger partial charge in [0, 0.05) is 19.0 Å². The van der Waals surface area contributed by atoms with Crippen molar-refractivity contribution in [3.63, 3.8) is 0 Å². The summed E-state index contributed by atoms with van der Waals surface area (Å²) in [6, 6.07) is 2.68. The highest BCUT2D eigenvalue weighted by Gasteiger charge is 2.45. The molecule has 0 radical (unpaired) electrons. The minimum atomic E-state index is -0.746. The molecular weight excluding hydrogens is 216 g/mol. The molecule has 0 aliphatic heterocycles. The molecule has 1 N–H and O–H groups in total. The molecular formula is C13H20N2O2. The number of nitriles is 1. The molecule has 2 saturated carbocycles. The predicted molar refractivity (Wildman–Crippen MR) is 63.4 cm³/mol. The highest BCUT2D eigenvalue weighted by Crippen LogP contribution is 2.49. The highest BCUT2D eigenvalue weighted by atomic mass is 16.4. The van der Waals surface area contributed by atoms with Crippen molar-refractivity contribution in [2.75, 3.05) is 13.1 Å². The van der Waals surface area contributed by atoms with E-state index in [-0.39, 0.29) is 12.0 Å². The fourth-order valence-corrected chi connectivity index (χ4v) is 2.92. The van der Waals surface area contributed by atoms with E-state index in [1.165, 1.54) is 12.8 Å². The van der Waals surface area contributed by atoms with Crippen molar-refractivity contribution in [2.24, 2.45) is 5.41 Å². The van der Waals surface area contributed by atoms with Crippen LogP contribution in [0.5, 0.6) is 0 Å². The van der Waals surface area contributed by atoms with Crippen molar-refractivity contribution >= 4 is 5.97 Å². The van der Waals surface area contributed by atoms with E-state index in [4.69, 9.17) is 10.4 Å². The highest BCUT2D eigenvalue weighted by molar-refractivity contribution is 5.69. The fraction of sp³-hybridized carbons (Fsp3) is 0.846. The van der Waals surface area contributed by atoms with Gasteiger partial charge in [-0.25, -0.2) is 0 Å². The maximum atomic E-state index is 10.9. The van der Waals surface area contributed by atoms with E-state index in [1.54, 1.807) is 0 Å². The molecule has 94 valence electrons. The van der Waals surface area contributed by atoms with Gasteiger partial charge in [0.15, 0.2) is 0 Å². The summed E-state index contributed by atoms with van der Waals surface area (Å²) in [7, 11) is 0. The number of hydrogen-bond acceptors (Lipinski definition) is 3. The summed E-state index contributed by atoms with van der Waals surface area (Å²) in [6.07, 6.45) is 7.42.